The maximum Gasteiger partial charge on any atom is 0.238 e. The highest BCUT2D eigenvalue weighted by Crippen LogP contribution is 2.13. The van der Waals surface area contributed by atoms with Crippen LogP contribution in [0.3, 0.4) is 0 Å². The van der Waals surface area contributed by atoms with Crippen molar-refractivity contribution in [1.82, 2.24) is 0 Å². The number of ketones is 1. The third-order valence-electron chi connectivity index (χ3n) is 2.88. The summed E-state index contributed by atoms with van der Waals surface area (Å²) in [5.41, 5.74) is 0.848. The van der Waals surface area contributed by atoms with Crippen molar-refractivity contribution in [1.29, 1.82) is 0 Å². The Kier molecular flexibility index (Phi) is 4.69. The van der Waals surface area contributed by atoms with Gasteiger partial charge in [-0.3, -0.25) is 9.59 Å². The van der Waals surface area contributed by atoms with E-state index in [9.17, 15) is 18.0 Å². The third-order valence-corrected chi connectivity index (χ3v) is 3.81. The van der Waals surface area contributed by atoms with Gasteiger partial charge in [-0.1, -0.05) is 30.3 Å². The SMILES string of the molecule is NS(=O)(=O)c1ccc(NC(=O)CC(=O)c2ccccc2)cc1. The Morgan fingerprint density at radius 1 is 0.955 bits per heavy atom. The maximum absolute atomic E-state index is 11.9. The molecule has 0 aliphatic carbocycles. The van der Waals surface area contributed by atoms with Crippen LogP contribution >= 0.6 is 0 Å². The van der Waals surface area contributed by atoms with Gasteiger partial charge in [-0.25, -0.2) is 13.6 Å². The molecule has 0 heterocycles. The lowest BCUT2D eigenvalue weighted by atomic mass is 10.1. The molecule has 0 fully saturated rings. The Hall–Kier alpha value is -2.51. The number of primary sulfonamides is 1. The minimum Gasteiger partial charge on any atom is -0.326 e. The summed E-state index contributed by atoms with van der Waals surface area (Å²) in [6, 6.07) is 13.9. The first-order valence-electron chi connectivity index (χ1n) is 6.37. The molecule has 114 valence electrons. The summed E-state index contributed by atoms with van der Waals surface area (Å²) < 4.78 is 22.2. The van der Waals surface area contributed by atoms with Crippen LogP contribution in [-0.2, 0) is 14.8 Å². The van der Waals surface area contributed by atoms with Gasteiger partial charge in [-0.15, -0.1) is 0 Å². The monoisotopic (exact) mass is 318 g/mol. The third kappa shape index (κ3) is 4.24. The van der Waals surface area contributed by atoms with E-state index in [4.69, 9.17) is 5.14 Å². The molecule has 1 amide bonds. The second-order valence-electron chi connectivity index (χ2n) is 4.58. The molecule has 2 aromatic rings. The molecule has 2 rings (SSSR count). The molecular weight excluding hydrogens is 304 g/mol. The van der Waals surface area contributed by atoms with Gasteiger partial charge in [0, 0.05) is 11.3 Å². The number of hydrogen-bond donors (Lipinski definition) is 2. The number of rotatable bonds is 5. The van der Waals surface area contributed by atoms with Gasteiger partial charge in [0.1, 0.15) is 0 Å². The van der Waals surface area contributed by atoms with Crippen LogP contribution in [0.15, 0.2) is 59.5 Å². The lowest BCUT2D eigenvalue weighted by Crippen LogP contribution is -2.17. The molecule has 2 aromatic carbocycles. The number of benzene rings is 2. The molecule has 0 radical (unpaired) electrons. The summed E-state index contributed by atoms with van der Waals surface area (Å²) in [5, 5.41) is 7.50. The second-order valence-corrected chi connectivity index (χ2v) is 6.14. The van der Waals surface area contributed by atoms with E-state index in [0.29, 0.717) is 11.3 Å². The molecule has 0 spiro atoms. The first-order chi connectivity index (χ1) is 10.4. The van der Waals surface area contributed by atoms with Crippen LogP contribution in [-0.4, -0.2) is 20.1 Å². The Morgan fingerprint density at radius 3 is 2.09 bits per heavy atom. The molecule has 0 saturated carbocycles. The van der Waals surface area contributed by atoms with Crippen molar-refractivity contribution in [2.24, 2.45) is 5.14 Å². The lowest BCUT2D eigenvalue weighted by Gasteiger charge is -2.06. The van der Waals surface area contributed by atoms with Gasteiger partial charge in [-0.05, 0) is 24.3 Å². The van der Waals surface area contributed by atoms with Gasteiger partial charge in [-0.2, -0.15) is 0 Å². The van der Waals surface area contributed by atoms with Crippen LogP contribution in [0.4, 0.5) is 5.69 Å². The van der Waals surface area contributed by atoms with E-state index in [1.54, 1.807) is 30.3 Å². The zero-order valence-corrected chi connectivity index (χ0v) is 12.3. The van der Waals surface area contributed by atoms with Crippen molar-refractivity contribution >= 4 is 27.4 Å². The minimum atomic E-state index is -3.77. The summed E-state index contributed by atoms with van der Waals surface area (Å²) in [6.45, 7) is 0. The fraction of sp³-hybridized carbons (Fsp3) is 0.0667. The topological polar surface area (TPSA) is 106 Å². The minimum absolute atomic E-state index is 0.0501. The average Bonchev–Trinajstić information content (AvgIpc) is 2.47. The van der Waals surface area contributed by atoms with E-state index in [2.05, 4.69) is 5.32 Å². The highest BCUT2D eigenvalue weighted by molar-refractivity contribution is 7.89. The molecule has 0 aliphatic heterocycles. The van der Waals surface area contributed by atoms with Gasteiger partial charge in [0.05, 0.1) is 11.3 Å². The molecule has 0 unspecified atom stereocenters. The van der Waals surface area contributed by atoms with Crippen LogP contribution in [0.25, 0.3) is 0 Å². The van der Waals surface area contributed by atoms with E-state index in [0.717, 1.165) is 0 Å². The molecule has 6 nitrogen and oxygen atoms in total. The van der Waals surface area contributed by atoms with Crippen LogP contribution in [0.1, 0.15) is 16.8 Å². The maximum atomic E-state index is 11.9. The van der Waals surface area contributed by atoms with Crippen molar-refractivity contribution in [2.45, 2.75) is 11.3 Å². The van der Waals surface area contributed by atoms with E-state index >= 15 is 0 Å². The number of amides is 1. The first-order valence-corrected chi connectivity index (χ1v) is 7.92. The number of hydrogen-bond acceptors (Lipinski definition) is 4. The number of sulfonamides is 1. The number of anilines is 1. The number of nitrogens with two attached hydrogens (primary N) is 1. The van der Waals surface area contributed by atoms with Crippen LogP contribution in [0.2, 0.25) is 0 Å². The van der Waals surface area contributed by atoms with E-state index in [1.807, 2.05) is 0 Å². The van der Waals surface area contributed by atoms with Crippen molar-refractivity contribution in [2.75, 3.05) is 5.32 Å². The van der Waals surface area contributed by atoms with Crippen LogP contribution in [0, 0.1) is 0 Å². The highest BCUT2D eigenvalue weighted by atomic mass is 32.2. The Labute approximate surface area is 128 Å². The molecular formula is C15H14N2O4S. The van der Waals surface area contributed by atoms with Crippen LogP contribution in [0.5, 0.6) is 0 Å². The zero-order chi connectivity index (χ0) is 16.2. The standard InChI is InChI=1S/C15H14N2O4S/c16-22(20,21)13-8-6-12(7-9-13)17-15(19)10-14(18)11-4-2-1-3-5-11/h1-9H,10H2,(H,17,19)(H2,16,20,21). The Morgan fingerprint density at radius 2 is 1.55 bits per heavy atom. The van der Waals surface area contributed by atoms with Gasteiger partial charge >= 0.3 is 0 Å². The predicted octanol–water partition coefficient (Wildman–Crippen LogP) is 1.55. The van der Waals surface area contributed by atoms with E-state index in [-0.39, 0.29) is 17.1 Å². The van der Waals surface area contributed by atoms with Gasteiger partial charge in [0.2, 0.25) is 15.9 Å². The number of carbonyl (C=O) groups is 2. The van der Waals surface area contributed by atoms with Crippen molar-refractivity contribution in [3.05, 3.63) is 60.2 Å². The number of nitrogens with one attached hydrogen (secondary N) is 1. The van der Waals surface area contributed by atoms with Crippen molar-refractivity contribution < 1.29 is 18.0 Å². The molecule has 22 heavy (non-hydrogen) atoms. The molecule has 0 aliphatic rings. The van der Waals surface area contributed by atoms with Crippen molar-refractivity contribution in [3.8, 4) is 0 Å². The summed E-state index contributed by atoms with van der Waals surface area (Å²) in [5.74, 6) is -0.767. The Bertz CT molecular complexity index is 784. The summed E-state index contributed by atoms with van der Waals surface area (Å²) >= 11 is 0. The molecule has 7 heteroatoms. The first kappa shape index (κ1) is 15.9. The summed E-state index contributed by atoms with van der Waals surface area (Å²) in [6.07, 6.45) is -0.291. The smallest absolute Gasteiger partial charge is 0.238 e. The van der Waals surface area contributed by atoms with E-state index < -0.39 is 15.9 Å². The largest absolute Gasteiger partial charge is 0.326 e. The fourth-order valence-corrected chi connectivity index (χ4v) is 2.32. The molecule has 0 atom stereocenters. The normalized spacial score (nSPS) is 11.0. The molecule has 0 aromatic heterocycles. The quantitative estimate of drug-likeness (QED) is 0.644. The summed E-state index contributed by atoms with van der Waals surface area (Å²) in [7, 11) is -3.77. The van der Waals surface area contributed by atoms with E-state index in [1.165, 1.54) is 24.3 Å². The van der Waals surface area contributed by atoms with Gasteiger partial charge in [0.15, 0.2) is 5.78 Å². The molecule has 3 N–H and O–H groups in total. The zero-order valence-electron chi connectivity index (χ0n) is 11.5. The summed E-state index contributed by atoms with van der Waals surface area (Å²) in [4.78, 5) is 23.6. The Balaban J connectivity index is 1.99. The fourth-order valence-electron chi connectivity index (χ4n) is 1.81. The second kappa shape index (κ2) is 6.50. The van der Waals surface area contributed by atoms with Gasteiger partial charge < -0.3 is 5.32 Å². The lowest BCUT2D eigenvalue weighted by molar-refractivity contribution is -0.115. The van der Waals surface area contributed by atoms with Crippen LogP contribution < -0.4 is 10.5 Å². The van der Waals surface area contributed by atoms with Crippen molar-refractivity contribution in [3.63, 3.8) is 0 Å². The number of carbonyl (C=O) groups excluding carboxylic acids is 2. The average molecular weight is 318 g/mol. The molecule has 0 bridgehead atoms. The predicted molar refractivity (Wildman–Crippen MR) is 81.8 cm³/mol. The highest BCUT2D eigenvalue weighted by Gasteiger charge is 2.12. The molecule has 0 saturated heterocycles. The van der Waals surface area contributed by atoms with Gasteiger partial charge in [0.25, 0.3) is 0 Å². The number of Topliss-reactive ketones (excluding diaryl/α,β-unsaturated/α-hetero) is 1.